The molecule has 0 bridgehead atoms. The summed E-state index contributed by atoms with van der Waals surface area (Å²) in [5.41, 5.74) is 0.00138. The third kappa shape index (κ3) is 3.47. The molecule has 1 atom stereocenters. The fourth-order valence-corrected chi connectivity index (χ4v) is 1.36. The largest absolute Gasteiger partial charge is 0.491 e. The van der Waals surface area contributed by atoms with E-state index in [4.69, 9.17) is 9.84 Å². The quantitative estimate of drug-likeness (QED) is 0.844. The number of aromatic carboxylic acids is 1. The van der Waals surface area contributed by atoms with Crippen LogP contribution in [0.15, 0.2) is 18.2 Å². The smallest absolute Gasteiger partial charge is 0.335 e. The summed E-state index contributed by atoms with van der Waals surface area (Å²) in [6, 6.07) is 4.78. The van der Waals surface area contributed by atoms with Crippen LogP contribution >= 0.6 is 0 Å². The number of rotatable bonds is 5. The summed E-state index contributed by atoms with van der Waals surface area (Å²) in [5.74, 6) is -0.302. The number of benzene rings is 1. The number of aliphatic hydroxyl groups is 1. The minimum absolute atomic E-state index is 0.0805. The van der Waals surface area contributed by atoms with Gasteiger partial charge in [0.25, 0.3) is 0 Å². The summed E-state index contributed by atoms with van der Waals surface area (Å²) < 4.78 is 5.50. The maximum absolute atomic E-state index is 10.9. The number of carboxylic acids is 1. The Labute approximate surface area is 107 Å². The average molecular weight is 252 g/mol. The molecule has 0 amide bonds. The zero-order valence-corrected chi connectivity index (χ0v) is 11.2. The Balaban J connectivity index is 2.76. The molecule has 0 aliphatic rings. The van der Waals surface area contributed by atoms with E-state index in [0.29, 0.717) is 11.3 Å². The first-order valence-corrected chi connectivity index (χ1v) is 5.93. The van der Waals surface area contributed by atoms with Crippen LogP contribution in [0.1, 0.15) is 36.7 Å². The number of hydrogen-bond acceptors (Lipinski definition) is 3. The second-order valence-corrected chi connectivity index (χ2v) is 5.08. The highest BCUT2D eigenvalue weighted by molar-refractivity contribution is 5.89. The lowest BCUT2D eigenvalue weighted by atomic mass is 9.94. The van der Waals surface area contributed by atoms with Crippen molar-refractivity contribution in [3.05, 3.63) is 29.3 Å². The van der Waals surface area contributed by atoms with Gasteiger partial charge in [0.1, 0.15) is 12.4 Å². The molecule has 0 radical (unpaired) electrons. The Morgan fingerprint density at radius 1 is 1.44 bits per heavy atom. The summed E-state index contributed by atoms with van der Waals surface area (Å²) in [7, 11) is 0. The van der Waals surface area contributed by atoms with Crippen LogP contribution in [-0.4, -0.2) is 28.4 Å². The van der Waals surface area contributed by atoms with E-state index >= 15 is 0 Å². The third-order valence-electron chi connectivity index (χ3n) is 3.20. The van der Waals surface area contributed by atoms with Crippen LogP contribution in [0.4, 0.5) is 0 Å². The van der Waals surface area contributed by atoms with Gasteiger partial charge in [-0.25, -0.2) is 4.79 Å². The van der Waals surface area contributed by atoms with Crippen molar-refractivity contribution in [2.24, 2.45) is 5.92 Å². The lowest BCUT2D eigenvalue weighted by Gasteiger charge is -2.27. The normalized spacial score (nSPS) is 14.3. The first-order chi connectivity index (χ1) is 8.24. The van der Waals surface area contributed by atoms with Gasteiger partial charge in [-0.3, -0.25) is 0 Å². The van der Waals surface area contributed by atoms with Crippen LogP contribution in [0.25, 0.3) is 0 Å². The second kappa shape index (κ2) is 5.40. The van der Waals surface area contributed by atoms with Gasteiger partial charge in [-0.1, -0.05) is 13.8 Å². The topological polar surface area (TPSA) is 66.8 Å². The monoisotopic (exact) mass is 252 g/mol. The van der Waals surface area contributed by atoms with Gasteiger partial charge in [-0.15, -0.1) is 0 Å². The predicted octanol–water partition coefficient (Wildman–Crippen LogP) is 2.48. The highest BCUT2D eigenvalue weighted by Gasteiger charge is 2.25. The van der Waals surface area contributed by atoms with Crippen molar-refractivity contribution >= 4 is 5.97 Å². The molecule has 2 N–H and O–H groups in total. The lowest BCUT2D eigenvalue weighted by Crippen LogP contribution is -2.37. The van der Waals surface area contributed by atoms with Crippen molar-refractivity contribution in [2.45, 2.75) is 33.3 Å². The van der Waals surface area contributed by atoms with Gasteiger partial charge in [0.05, 0.1) is 11.2 Å². The minimum Gasteiger partial charge on any atom is -0.491 e. The van der Waals surface area contributed by atoms with Crippen LogP contribution in [0.3, 0.4) is 0 Å². The SMILES string of the molecule is Cc1cc(OCC(C)(O)C(C)C)ccc1C(=O)O. The summed E-state index contributed by atoms with van der Waals surface area (Å²) in [6.07, 6.45) is 0. The van der Waals surface area contributed by atoms with Crippen LogP contribution in [0, 0.1) is 12.8 Å². The summed E-state index contributed by atoms with van der Waals surface area (Å²) in [5, 5.41) is 19.0. The van der Waals surface area contributed by atoms with Gasteiger partial charge in [0, 0.05) is 0 Å². The minimum atomic E-state index is -0.951. The maximum atomic E-state index is 10.9. The maximum Gasteiger partial charge on any atom is 0.335 e. The lowest BCUT2D eigenvalue weighted by molar-refractivity contribution is -0.0266. The molecule has 0 spiro atoms. The summed E-state index contributed by atoms with van der Waals surface area (Å²) in [4.78, 5) is 10.9. The van der Waals surface area contributed by atoms with E-state index in [9.17, 15) is 9.90 Å². The van der Waals surface area contributed by atoms with Crippen LogP contribution in [0.5, 0.6) is 5.75 Å². The molecule has 100 valence electrons. The Morgan fingerprint density at radius 2 is 2.06 bits per heavy atom. The van der Waals surface area contributed by atoms with E-state index in [1.54, 1.807) is 26.0 Å². The molecular weight excluding hydrogens is 232 g/mol. The molecule has 1 aromatic rings. The van der Waals surface area contributed by atoms with Gasteiger partial charge in [0.15, 0.2) is 0 Å². The highest BCUT2D eigenvalue weighted by atomic mass is 16.5. The van der Waals surface area contributed by atoms with E-state index in [1.807, 2.05) is 13.8 Å². The summed E-state index contributed by atoms with van der Waals surface area (Å²) >= 11 is 0. The van der Waals surface area contributed by atoms with E-state index in [2.05, 4.69) is 0 Å². The fourth-order valence-electron chi connectivity index (χ4n) is 1.36. The molecule has 1 rings (SSSR count). The first-order valence-electron chi connectivity index (χ1n) is 5.93. The third-order valence-corrected chi connectivity index (χ3v) is 3.20. The van der Waals surface area contributed by atoms with Gasteiger partial charge in [-0.2, -0.15) is 0 Å². The molecule has 0 aliphatic carbocycles. The number of hydrogen-bond donors (Lipinski definition) is 2. The highest BCUT2D eigenvalue weighted by Crippen LogP contribution is 2.21. The van der Waals surface area contributed by atoms with E-state index in [-0.39, 0.29) is 18.1 Å². The number of carbonyl (C=O) groups is 1. The predicted molar refractivity (Wildman–Crippen MR) is 69.1 cm³/mol. The summed E-state index contributed by atoms with van der Waals surface area (Å²) in [6.45, 7) is 7.45. The van der Waals surface area contributed by atoms with Crippen molar-refractivity contribution in [3.8, 4) is 5.75 Å². The molecule has 0 fully saturated rings. The Morgan fingerprint density at radius 3 is 2.50 bits per heavy atom. The number of carboxylic acid groups (broad SMARTS) is 1. The molecule has 0 aliphatic heterocycles. The molecule has 1 unspecified atom stereocenters. The molecule has 0 saturated heterocycles. The van der Waals surface area contributed by atoms with Crippen molar-refractivity contribution in [1.82, 2.24) is 0 Å². The van der Waals surface area contributed by atoms with Crippen LogP contribution in [-0.2, 0) is 0 Å². The molecule has 18 heavy (non-hydrogen) atoms. The Kier molecular flexibility index (Phi) is 4.35. The first kappa shape index (κ1) is 14.5. The zero-order valence-electron chi connectivity index (χ0n) is 11.2. The molecule has 0 saturated carbocycles. The van der Waals surface area contributed by atoms with Crippen LogP contribution in [0.2, 0.25) is 0 Å². The second-order valence-electron chi connectivity index (χ2n) is 5.08. The van der Waals surface area contributed by atoms with E-state index in [0.717, 1.165) is 0 Å². The molecule has 4 heteroatoms. The van der Waals surface area contributed by atoms with Gasteiger partial charge >= 0.3 is 5.97 Å². The van der Waals surface area contributed by atoms with Gasteiger partial charge < -0.3 is 14.9 Å². The molecule has 1 aromatic carbocycles. The van der Waals surface area contributed by atoms with Gasteiger partial charge in [0.2, 0.25) is 0 Å². The molecule has 0 aromatic heterocycles. The van der Waals surface area contributed by atoms with Crippen molar-refractivity contribution in [1.29, 1.82) is 0 Å². The van der Waals surface area contributed by atoms with Crippen molar-refractivity contribution in [2.75, 3.05) is 6.61 Å². The van der Waals surface area contributed by atoms with E-state index < -0.39 is 11.6 Å². The zero-order chi connectivity index (χ0) is 13.9. The Bertz CT molecular complexity index is 435. The standard InChI is InChI=1S/C14H20O4/c1-9(2)14(4,17)8-18-11-5-6-12(13(15)16)10(3)7-11/h5-7,9,17H,8H2,1-4H3,(H,15,16). The fraction of sp³-hybridized carbons (Fsp3) is 0.500. The van der Waals surface area contributed by atoms with Crippen LogP contribution < -0.4 is 4.74 Å². The number of ether oxygens (including phenoxy) is 1. The van der Waals surface area contributed by atoms with Crippen molar-refractivity contribution < 1.29 is 19.7 Å². The molecule has 0 heterocycles. The van der Waals surface area contributed by atoms with E-state index in [1.165, 1.54) is 6.07 Å². The number of aryl methyl sites for hydroxylation is 1. The van der Waals surface area contributed by atoms with Crippen molar-refractivity contribution in [3.63, 3.8) is 0 Å². The Hall–Kier alpha value is -1.55. The average Bonchev–Trinajstić information content (AvgIpc) is 2.25. The molecule has 4 nitrogen and oxygen atoms in total. The van der Waals surface area contributed by atoms with Gasteiger partial charge in [-0.05, 0) is 43.5 Å². The molecular formula is C14H20O4.